The van der Waals surface area contributed by atoms with E-state index in [4.69, 9.17) is 4.74 Å². The fourth-order valence-electron chi connectivity index (χ4n) is 0.917. The molecule has 0 aromatic heterocycles. The van der Waals surface area contributed by atoms with Crippen molar-refractivity contribution in [2.75, 3.05) is 5.75 Å². The van der Waals surface area contributed by atoms with Gasteiger partial charge in [-0.05, 0) is 26.8 Å². The molecule has 102 valence electrons. The number of sulfonamides is 1. The summed E-state index contributed by atoms with van der Waals surface area (Å²) in [4.78, 5) is 11.3. The molecule has 0 fully saturated rings. The molecule has 0 aromatic rings. The fourth-order valence-corrected chi connectivity index (χ4v) is 4.84. The van der Waals surface area contributed by atoms with Gasteiger partial charge in [-0.2, -0.15) is 0 Å². The first kappa shape index (κ1) is 16.4. The van der Waals surface area contributed by atoms with Crippen LogP contribution in [0.5, 0.6) is 0 Å². The van der Waals surface area contributed by atoms with Crippen LogP contribution in [0.2, 0.25) is 25.7 Å². The van der Waals surface area contributed by atoms with Crippen LogP contribution in [-0.2, 0) is 14.8 Å². The molecule has 0 saturated heterocycles. The summed E-state index contributed by atoms with van der Waals surface area (Å²) in [6.45, 7) is 11.3. The van der Waals surface area contributed by atoms with E-state index in [1.165, 1.54) is 0 Å². The Morgan fingerprint density at radius 3 is 2.06 bits per heavy atom. The zero-order valence-corrected chi connectivity index (χ0v) is 13.3. The Hall–Kier alpha value is -0.563. The van der Waals surface area contributed by atoms with E-state index in [1.54, 1.807) is 20.8 Å². The van der Waals surface area contributed by atoms with Crippen LogP contribution < -0.4 is 4.72 Å². The Kier molecular flexibility index (Phi) is 5.21. The van der Waals surface area contributed by atoms with Crippen molar-refractivity contribution in [2.45, 2.75) is 52.1 Å². The summed E-state index contributed by atoms with van der Waals surface area (Å²) in [7, 11) is -5.01. The standard InChI is InChI=1S/C10H23NO4SSi/c1-10(2,3)15-9(12)11-16(13,14)7-8-17(4,5)6/h7-8H2,1-6H3,(H,11,12). The van der Waals surface area contributed by atoms with Crippen molar-refractivity contribution in [1.29, 1.82) is 0 Å². The zero-order chi connectivity index (χ0) is 13.9. The maximum atomic E-state index is 11.6. The molecular formula is C10H23NO4SSi. The lowest BCUT2D eigenvalue weighted by Crippen LogP contribution is -2.38. The topological polar surface area (TPSA) is 72.5 Å². The number of carbonyl (C=O) groups is 1. The van der Waals surface area contributed by atoms with Crippen molar-refractivity contribution in [3.8, 4) is 0 Å². The highest BCUT2D eigenvalue weighted by Crippen LogP contribution is 2.10. The summed E-state index contributed by atoms with van der Waals surface area (Å²) >= 11 is 0. The monoisotopic (exact) mass is 281 g/mol. The van der Waals surface area contributed by atoms with Gasteiger partial charge in [0.15, 0.2) is 0 Å². The molecule has 0 spiro atoms. The highest BCUT2D eigenvalue weighted by molar-refractivity contribution is 7.90. The number of ether oxygens (including phenoxy) is 1. The Morgan fingerprint density at radius 2 is 1.71 bits per heavy atom. The van der Waals surface area contributed by atoms with Crippen molar-refractivity contribution in [3.05, 3.63) is 0 Å². The summed E-state index contributed by atoms with van der Waals surface area (Å²) in [5, 5.41) is 0. The highest BCUT2D eigenvalue weighted by Gasteiger charge is 2.23. The number of amides is 1. The van der Waals surface area contributed by atoms with Crippen molar-refractivity contribution in [1.82, 2.24) is 4.72 Å². The molecule has 0 aliphatic heterocycles. The van der Waals surface area contributed by atoms with Crippen LogP contribution >= 0.6 is 0 Å². The summed E-state index contributed by atoms with van der Waals surface area (Å²) in [6, 6.07) is 0.616. The summed E-state index contributed by atoms with van der Waals surface area (Å²) in [5.41, 5.74) is -0.696. The maximum absolute atomic E-state index is 11.6. The maximum Gasteiger partial charge on any atom is 0.421 e. The summed E-state index contributed by atoms with van der Waals surface area (Å²) in [6.07, 6.45) is -0.909. The first-order valence-corrected chi connectivity index (χ1v) is 10.9. The lowest BCUT2D eigenvalue weighted by Gasteiger charge is -2.20. The highest BCUT2D eigenvalue weighted by atomic mass is 32.2. The second-order valence-electron chi connectivity index (χ2n) is 6.23. The van der Waals surface area contributed by atoms with Gasteiger partial charge in [0.25, 0.3) is 0 Å². The van der Waals surface area contributed by atoms with E-state index < -0.39 is 29.8 Å². The second-order valence-corrected chi connectivity index (χ2v) is 13.7. The van der Waals surface area contributed by atoms with Gasteiger partial charge >= 0.3 is 6.09 Å². The molecular weight excluding hydrogens is 258 g/mol. The molecule has 0 atom stereocenters. The summed E-state index contributed by atoms with van der Waals surface area (Å²) in [5.74, 6) is -0.0258. The molecule has 1 amide bonds. The van der Waals surface area contributed by atoms with Crippen molar-refractivity contribution in [3.63, 3.8) is 0 Å². The quantitative estimate of drug-likeness (QED) is 0.802. The Bertz CT molecular complexity index is 365. The summed E-state index contributed by atoms with van der Waals surface area (Å²) < 4.78 is 30.0. The van der Waals surface area contributed by atoms with Gasteiger partial charge in [0.1, 0.15) is 5.60 Å². The van der Waals surface area contributed by atoms with Crippen LogP contribution in [0.3, 0.4) is 0 Å². The molecule has 7 heteroatoms. The molecule has 1 N–H and O–H groups in total. The van der Waals surface area contributed by atoms with Gasteiger partial charge < -0.3 is 4.74 Å². The average Bonchev–Trinajstić information content (AvgIpc) is 1.94. The SMILES string of the molecule is CC(C)(C)OC(=O)NS(=O)(=O)CC[Si](C)(C)C. The minimum atomic E-state index is -3.58. The van der Waals surface area contributed by atoms with Crippen LogP contribution in [0.4, 0.5) is 4.79 Å². The predicted molar refractivity (Wildman–Crippen MR) is 71.3 cm³/mol. The van der Waals surface area contributed by atoms with Crippen molar-refractivity contribution >= 4 is 24.2 Å². The third kappa shape index (κ3) is 10.3. The number of nitrogens with one attached hydrogen (secondary N) is 1. The molecule has 0 aliphatic carbocycles. The fraction of sp³-hybridized carbons (Fsp3) is 0.900. The molecule has 0 heterocycles. The van der Waals surface area contributed by atoms with Gasteiger partial charge in [-0.15, -0.1) is 0 Å². The lowest BCUT2D eigenvalue weighted by molar-refractivity contribution is 0.0570. The van der Waals surface area contributed by atoms with Crippen LogP contribution in [0, 0.1) is 0 Å². The smallest absolute Gasteiger partial charge is 0.421 e. The third-order valence-electron chi connectivity index (χ3n) is 1.76. The minimum absolute atomic E-state index is 0.0258. The second kappa shape index (κ2) is 5.39. The molecule has 0 rings (SSSR count). The minimum Gasteiger partial charge on any atom is -0.443 e. The first-order chi connectivity index (χ1) is 7.31. The number of hydrogen-bond donors (Lipinski definition) is 1. The van der Waals surface area contributed by atoms with Crippen LogP contribution in [-0.4, -0.2) is 33.9 Å². The van der Waals surface area contributed by atoms with Gasteiger partial charge in [0, 0.05) is 8.07 Å². The molecule has 0 unspecified atom stereocenters. The van der Waals surface area contributed by atoms with Crippen LogP contribution in [0.25, 0.3) is 0 Å². The normalized spacial score (nSPS) is 13.3. The number of carbonyl (C=O) groups excluding carboxylic acids is 1. The van der Waals surface area contributed by atoms with Crippen molar-refractivity contribution in [2.24, 2.45) is 0 Å². The Balaban J connectivity index is 4.33. The zero-order valence-electron chi connectivity index (χ0n) is 11.5. The van der Waals surface area contributed by atoms with E-state index in [0.29, 0.717) is 6.04 Å². The molecule has 0 radical (unpaired) electrons. The van der Waals surface area contributed by atoms with Gasteiger partial charge in [-0.25, -0.2) is 17.9 Å². The molecule has 0 aromatic carbocycles. The molecule has 17 heavy (non-hydrogen) atoms. The van der Waals surface area contributed by atoms with Crippen LogP contribution in [0.1, 0.15) is 20.8 Å². The molecule has 0 saturated carbocycles. The van der Waals surface area contributed by atoms with Gasteiger partial charge in [0.05, 0.1) is 5.75 Å². The first-order valence-electron chi connectivity index (χ1n) is 5.54. The van der Waals surface area contributed by atoms with E-state index in [2.05, 4.69) is 19.6 Å². The van der Waals surface area contributed by atoms with E-state index in [9.17, 15) is 13.2 Å². The van der Waals surface area contributed by atoms with Crippen LogP contribution in [0.15, 0.2) is 0 Å². The lowest BCUT2D eigenvalue weighted by atomic mass is 10.2. The Morgan fingerprint density at radius 1 is 1.24 bits per heavy atom. The van der Waals surface area contributed by atoms with E-state index in [-0.39, 0.29) is 5.75 Å². The van der Waals surface area contributed by atoms with Crippen molar-refractivity contribution < 1.29 is 17.9 Å². The molecule has 0 bridgehead atoms. The van der Waals surface area contributed by atoms with E-state index >= 15 is 0 Å². The Labute approximate surface area is 105 Å². The van der Waals surface area contributed by atoms with E-state index in [0.717, 1.165) is 0 Å². The van der Waals surface area contributed by atoms with Gasteiger partial charge in [-0.3, -0.25) is 0 Å². The predicted octanol–water partition coefficient (Wildman–Crippen LogP) is 2.18. The third-order valence-corrected chi connectivity index (χ3v) is 5.09. The number of rotatable bonds is 4. The van der Waals surface area contributed by atoms with Gasteiger partial charge in [-0.1, -0.05) is 19.6 Å². The molecule has 0 aliphatic rings. The average molecular weight is 281 g/mol. The largest absolute Gasteiger partial charge is 0.443 e. The molecule has 5 nitrogen and oxygen atoms in total. The van der Waals surface area contributed by atoms with E-state index in [1.807, 2.05) is 4.72 Å². The van der Waals surface area contributed by atoms with Gasteiger partial charge in [0.2, 0.25) is 10.0 Å². The number of hydrogen-bond acceptors (Lipinski definition) is 4.